The van der Waals surface area contributed by atoms with Gasteiger partial charge in [-0.2, -0.15) is 0 Å². The number of carbonyl (C=O) groups is 1. The van der Waals surface area contributed by atoms with E-state index in [0.717, 1.165) is 15.8 Å². The number of aryl methyl sites for hydroxylation is 1. The van der Waals surface area contributed by atoms with Crippen LogP contribution in [0.25, 0.3) is 10.2 Å². The summed E-state index contributed by atoms with van der Waals surface area (Å²) in [5, 5.41) is 1.29. The minimum atomic E-state index is -0.153. The maximum absolute atomic E-state index is 13.1. The molecule has 146 valence electrons. The summed E-state index contributed by atoms with van der Waals surface area (Å²) in [6, 6.07) is 22.9. The minimum Gasteiger partial charge on any atom is -0.484 e. The molecule has 3 aromatic carbocycles. The van der Waals surface area contributed by atoms with E-state index in [-0.39, 0.29) is 12.5 Å². The summed E-state index contributed by atoms with van der Waals surface area (Å²) in [5.41, 5.74) is 3.09. The highest BCUT2D eigenvalue weighted by molar-refractivity contribution is 7.22. The summed E-state index contributed by atoms with van der Waals surface area (Å²) in [6.07, 6.45) is 0. The molecule has 0 aliphatic rings. The number of fused-ring (bicyclic) bond motifs is 1. The molecule has 4 aromatic rings. The molecule has 4 rings (SSSR count). The van der Waals surface area contributed by atoms with Crippen LogP contribution in [-0.2, 0) is 11.3 Å². The van der Waals surface area contributed by atoms with Crippen molar-refractivity contribution in [1.29, 1.82) is 0 Å². The molecule has 4 nitrogen and oxygen atoms in total. The lowest BCUT2D eigenvalue weighted by molar-refractivity contribution is -0.120. The molecule has 0 spiro atoms. The van der Waals surface area contributed by atoms with Crippen LogP contribution in [-0.4, -0.2) is 17.5 Å². The van der Waals surface area contributed by atoms with Gasteiger partial charge in [0.15, 0.2) is 11.7 Å². The maximum atomic E-state index is 13.1. The van der Waals surface area contributed by atoms with Crippen LogP contribution in [0.4, 0.5) is 5.13 Å². The topological polar surface area (TPSA) is 42.4 Å². The van der Waals surface area contributed by atoms with E-state index in [4.69, 9.17) is 16.3 Å². The van der Waals surface area contributed by atoms with Gasteiger partial charge in [-0.25, -0.2) is 4.98 Å². The standard InChI is InChI=1S/C23H19ClN2O2S/c1-16-7-12-20-21(13-16)29-23(25-20)26(14-17-5-3-2-4-6-17)22(27)15-28-19-10-8-18(24)9-11-19/h2-13H,14-15H2,1H3. The van der Waals surface area contributed by atoms with Crippen molar-refractivity contribution in [3.63, 3.8) is 0 Å². The maximum Gasteiger partial charge on any atom is 0.267 e. The molecule has 1 aromatic heterocycles. The fraction of sp³-hybridized carbons (Fsp3) is 0.130. The second-order valence-corrected chi connectivity index (χ2v) is 8.12. The van der Waals surface area contributed by atoms with Crippen molar-refractivity contribution in [3.8, 4) is 5.75 Å². The third-order valence-electron chi connectivity index (χ3n) is 4.42. The lowest BCUT2D eigenvalue weighted by atomic mass is 10.2. The second kappa shape index (κ2) is 8.64. The van der Waals surface area contributed by atoms with Crippen LogP contribution in [0, 0.1) is 6.92 Å². The van der Waals surface area contributed by atoms with Gasteiger partial charge in [-0.1, -0.05) is 59.3 Å². The van der Waals surface area contributed by atoms with Crippen LogP contribution < -0.4 is 9.64 Å². The van der Waals surface area contributed by atoms with E-state index >= 15 is 0 Å². The smallest absolute Gasteiger partial charge is 0.267 e. The largest absolute Gasteiger partial charge is 0.484 e. The molecule has 0 aliphatic carbocycles. The number of rotatable bonds is 6. The number of hydrogen-bond acceptors (Lipinski definition) is 4. The number of benzene rings is 3. The van der Waals surface area contributed by atoms with Gasteiger partial charge in [-0.15, -0.1) is 0 Å². The molecule has 29 heavy (non-hydrogen) atoms. The number of ether oxygens (including phenoxy) is 1. The Morgan fingerprint density at radius 2 is 1.83 bits per heavy atom. The van der Waals surface area contributed by atoms with E-state index in [2.05, 4.69) is 11.1 Å². The Hall–Kier alpha value is -2.89. The molecule has 1 heterocycles. The van der Waals surface area contributed by atoms with Gasteiger partial charge < -0.3 is 4.74 Å². The summed E-state index contributed by atoms with van der Waals surface area (Å²) in [6.45, 7) is 2.40. The first-order valence-corrected chi connectivity index (χ1v) is 10.4. The molecule has 1 amide bonds. The van der Waals surface area contributed by atoms with E-state index < -0.39 is 0 Å². The summed E-state index contributed by atoms with van der Waals surface area (Å²) in [5.74, 6) is 0.446. The quantitative estimate of drug-likeness (QED) is 0.390. The van der Waals surface area contributed by atoms with Gasteiger partial charge in [0.25, 0.3) is 5.91 Å². The van der Waals surface area contributed by atoms with E-state index in [9.17, 15) is 4.79 Å². The first-order chi connectivity index (χ1) is 14.1. The lowest BCUT2D eigenvalue weighted by Crippen LogP contribution is -2.34. The summed E-state index contributed by atoms with van der Waals surface area (Å²) < 4.78 is 6.74. The molecule has 0 atom stereocenters. The van der Waals surface area contributed by atoms with Crippen molar-refractivity contribution in [3.05, 3.63) is 88.9 Å². The van der Waals surface area contributed by atoms with Gasteiger partial charge >= 0.3 is 0 Å². The number of carbonyl (C=O) groups excluding carboxylic acids is 1. The molecular weight excluding hydrogens is 404 g/mol. The molecule has 0 bridgehead atoms. The molecule has 0 N–H and O–H groups in total. The molecule has 0 radical (unpaired) electrons. The second-order valence-electron chi connectivity index (χ2n) is 6.68. The Bertz CT molecular complexity index is 1130. The van der Waals surface area contributed by atoms with E-state index in [1.165, 1.54) is 16.9 Å². The highest BCUT2D eigenvalue weighted by Gasteiger charge is 2.21. The molecule has 6 heteroatoms. The molecule has 0 saturated heterocycles. The molecule has 0 saturated carbocycles. The first kappa shape index (κ1) is 19.4. The predicted octanol–water partition coefficient (Wildman–Crippen LogP) is 5.87. The van der Waals surface area contributed by atoms with Crippen LogP contribution in [0.2, 0.25) is 5.02 Å². The minimum absolute atomic E-state index is 0.0799. The van der Waals surface area contributed by atoms with E-state index in [1.54, 1.807) is 29.2 Å². The Kier molecular flexibility index (Phi) is 5.79. The van der Waals surface area contributed by atoms with Crippen molar-refractivity contribution in [2.45, 2.75) is 13.5 Å². The average molecular weight is 423 g/mol. The molecule has 0 fully saturated rings. The number of amides is 1. The van der Waals surface area contributed by atoms with Crippen molar-refractivity contribution < 1.29 is 9.53 Å². The Balaban J connectivity index is 1.59. The third-order valence-corrected chi connectivity index (χ3v) is 5.72. The van der Waals surface area contributed by atoms with Crippen molar-refractivity contribution in [1.82, 2.24) is 4.98 Å². The van der Waals surface area contributed by atoms with Gasteiger partial charge in [0.2, 0.25) is 0 Å². The first-order valence-electron chi connectivity index (χ1n) is 9.18. The number of hydrogen-bond donors (Lipinski definition) is 0. The van der Waals surface area contributed by atoms with Crippen LogP contribution >= 0.6 is 22.9 Å². The molecular formula is C23H19ClN2O2S. The van der Waals surface area contributed by atoms with E-state index in [1.807, 2.05) is 49.4 Å². The zero-order chi connectivity index (χ0) is 20.2. The summed E-state index contributed by atoms with van der Waals surface area (Å²) in [7, 11) is 0. The highest BCUT2D eigenvalue weighted by Crippen LogP contribution is 2.30. The zero-order valence-electron chi connectivity index (χ0n) is 15.8. The van der Waals surface area contributed by atoms with Gasteiger partial charge in [0, 0.05) is 5.02 Å². The van der Waals surface area contributed by atoms with Crippen molar-refractivity contribution >= 4 is 44.2 Å². The van der Waals surface area contributed by atoms with Gasteiger partial charge in [-0.3, -0.25) is 9.69 Å². The van der Waals surface area contributed by atoms with E-state index in [0.29, 0.717) is 22.4 Å². The van der Waals surface area contributed by atoms with Crippen LogP contribution in [0.15, 0.2) is 72.8 Å². The highest BCUT2D eigenvalue weighted by atomic mass is 35.5. The van der Waals surface area contributed by atoms with Crippen molar-refractivity contribution in [2.75, 3.05) is 11.5 Å². The fourth-order valence-corrected chi connectivity index (χ4v) is 4.12. The average Bonchev–Trinajstić information content (AvgIpc) is 3.15. The van der Waals surface area contributed by atoms with Gasteiger partial charge in [0.05, 0.1) is 16.8 Å². The third kappa shape index (κ3) is 4.75. The number of halogens is 1. The summed E-state index contributed by atoms with van der Waals surface area (Å²) >= 11 is 7.42. The Labute approximate surface area is 178 Å². The van der Waals surface area contributed by atoms with Crippen LogP contribution in [0.5, 0.6) is 5.75 Å². The lowest BCUT2D eigenvalue weighted by Gasteiger charge is -2.20. The Morgan fingerprint density at radius 3 is 2.59 bits per heavy atom. The van der Waals surface area contributed by atoms with Gasteiger partial charge in [0.1, 0.15) is 5.75 Å². The molecule has 0 aliphatic heterocycles. The zero-order valence-corrected chi connectivity index (χ0v) is 17.4. The predicted molar refractivity (Wildman–Crippen MR) is 119 cm³/mol. The van der Waals surface area contributed by atoms with Gasteiger partial charge in [-0.05, 0) is 54.4 Å². The molecule has 0 unspecified atom stereocenters. The SMILES string of the molecule is Cc1ccc2nc(N(Cc3ccccc3)C(=O)COc3ccc(Cl)cc3)sc2c1. The normalized spacial score (nSPS) is 10.8. The monoisotopic (exact) mass is 422 g/mol. The van der Waals surface area contributed by atoms with Crippen LogP contribution in [0.1, 0.15) is 11.1 Å². The number of thiazole rings is 1. The Morgan fingerprint density at radius 1 is 1.07 bits per heavy atom. The number of aromatic nitrogens is 1. The number of anilines is 1. The summed E-state index contributed by atoms with van der Waals surface area (Å²) in [4.78, 5) is 19.4. The van der Waals surface area contributed by atoms with Crippen molar-refractivity contribution in [2.24, 2.45) is 0 Å². The fourth-order valence-electron chi connectivity index (χ4n) is 2.92. The van der Waals surface area contributed by atoms with Crippen LogP contribution in [0.3, 0.4) is 0 Å². The number of nitrogens with zero attached hydrogens (tertiary/aromatic N) is 2.